The Kier molecular flexibility index (Phi) is 5.26. The van der Waals surface area contributed by atoms with Crippen LogP contribution in [0.1, 0.15) is 11.1 Å². The van der Waals surface area contributed by atoms with Crippen molar-refractivity contribution in [2.75, 3.05) is 0 Å². The van der Waals surface area contributed by atoms with Crippen LogP contribution >= 0.6 is 0 Å². The van der Waals surface area contributed by atoms with Gasteiger partial charge in [-0.2, -0.15) is 5.26 Å². The number of hydrogen-bond donors (Lipinski definition) is 1. The van der Waals surface area contributed by atoms with E-state index in [4.69, 9.17) is 5.26 Å². The van der Waals surface area contributed by atoms with Crippen molar-refractivity contribution >= 4 is 24.6 Å². The van der Waals surface area contributed by atoms with Crippen molar-refractivity contribution in [3.05, 3.63) is 60.2 Å². The number of aromatic nitrogens is 2. The molecule has 0 fully saturated rings. The molecule has 5 heteroatoms. The Labute approximate surface area is 117 Å². The molecular formula is C13H11LiN3O. The smallest absolute Gasteiger partial charge is 0.133 e. The molecule has 4 nitrogen and oxygen atoms in total. The van der Waals surface area contributed by atoms with E-state index in [1.165, 1.54) is 0 Å². The second-order valence-corrected chi connectivity index (χ2v) is 3.59. The SMILES string of the molecule is N#CC=C(O)c1ccc(Cn2ccnc2)cc1.[Li]. The van der Waals surface area contributed by atoms with Crippen molar-refractivity contribution in [3.63, 3.8) is 0 Å². The van der Waals surface area contributed by atoms with Crippen LogP contribution < -0.4 is 0 Å². The van der Waals surface area contributed by atoms with E-state index in [1.807, 2.05) is 22.9 Å². The molecule has 0 aliphatic rings. The number of rotatable bonds is 3. The molecular weight excluding hydrogens is 221 g/mol. The van der Waals surface area contributed by atoms with Crippen molar-refractivity contribution in [1.29, 1.82) is 5.26 Å². The second kappa shape index (κ2) is 6.71. The number of allylic oxidation sites excluding steroid dienone is 1. The quantitative estimate of drug-likeness (QED) is 0.500. The number of nitrogens with zero attached hydrogens (tertiary/aromatic N) is 3. The Morgan fingerprint density at radius 1 is 1.39 bits per heavy atom. The third kappa shape index (κ3) is 3.53. The maximum Gasteiger partial charge on any atom is 0.133 e. The zero-order valence-corrected chi connectivity index (χ0v) is 10.1. The normalized spacial score (nSPS) is 10.5. The third-order valence-electron chi connectivity index (χ3n) is 2.38. The standard InChI is InChI=1S/C13H11N3O.Li/c14-6-5-13(17)12-3-1-11(2-4-12)9-16-8-7-15-10-16;/h1-5,7-8,10,17H,9H2;. The van der Waals surface area contributed by atoms with E-state index in [0.29, 0.717) is 5.56 Å². The Balaban J connectivity index is 0.00000162. The topological polar surface area (TPSA) is 61.8 Å². The van der Waals surface area contributed by atoms with Crippen molar-refractivity contribution in [1.82, 2.24) is 9.55 Å². The molecule has 0 amide bonds. The van der Waals surface area contributed by atoms with Crippen LogP contribution in [0.25, 0.3) is 5.76 Å². The number of aliphatic hydroxyl groups excluding tert-OH is 1. The van der Waals surface area contributed by atoms with Crippen LogP contribution in [-0.2, 0) is 6.54 Å². The molecule has 1 N–H and O–H groups in total. The first-order valence-electron chi connectivity index (χ1n) is 5.13. The van der Waals surface area contributed by atoms with E-state index in [9.17, 15) is 5.11 Å². The van der Waals surface area contributed by atoms with E-state index in [0.717, 1.165) is 18.2 Å². The number of aliphatic hydroxyl groups is 1. The van der Waals surface area contributed by atoms with Crippen LogP contribution in [0.4, 0.5) is 0 Å². The maximum absolute atomic E-state index is 9.49. The summed E-state index contributed by atoms with van der Waals surface area (Å²) in [5.41, 5.74) is 1.75. The monoisotopic (exact) mass is 232 g/mol. The maximum atomic E-state index is 9.49. The first-order valence-corrected chi connectivity index (χ1v) is 5.13. The van der Waals surface area contributed by atoms with Crippen molar-refractivity contribution in [3.8, 4) is 6.07 Å². The van der Waals surface area contributed by atoms with Gasteiger partial charge in [0, 0.05) is 43.4 Å². The van der Waals surface area contributed by atoms with Gasteiger partial charge in [-0.1, -0.05) is 24.3 Å². The van der Waals surface area contributed by atoms with Gasteiger partial charge in [0.25, 0.3) is 0 Å². The minimum atomic E-state index is -0.0123. The van der Waals surface area contributed by atoms with Gasteiger partial charge >= 0.3 is 0 Å². The summed E-state index contributed by atoms with van der Waals surface area (Å²) in [7, 11) is 0. The number of nitriles is 1. The largest absolute Gasteiger partial charge is 0.507 e. The molecule has 85 valence electrons. The van der Waals surface area contributed by atoms with Crippen LogP contribution in [0, 0.1) is 11.3 Å². The molecule has 0 unspecified atom stereocenters. The molecule has 1 aromatic carbocycles. The van der Waals surface area contributed by atoms with Crippen molar-refractivity contribution in [2.45, 2.75) is 6.54 Å². The van der Waals surface area contributed by atoms with Gasteiger partial charge in [0.15, 0.2) is 0 Å². The Hall–Kier alpha value is -1.94. The molecule has 18 heavy (non-hydrogen) atoms. The minimum Gasteiger partial charge on any atom is -0.507 e. The van der Waals surface area contributed by atoms with Gasteiger partial charge in [-0.15, -0.1) is 0 Å². The Morgan fingerprint density at radius 2 is 2.11 bits per heavy atom. The van der Waals surface area contributed by atoms with Crippen LogP contribution in [0.2, 0.25) is 0 Å². The Bertz CT molecular complexity index is 553. The first-order chi connectivity index (χ1) is 8.29. The molecule has 1 heterocycles. The van der Waals surface area contributed by atoms with E-state index in [-0.39, 0.29) is 24.6 Å². The molecule has 1 aromatic heterocycles. The summed E-state index contributed by atoms with van der Waals surface area (Å²) in [4.78, 5) is 3.97. The molecule has 0 atom stereocenters. The van der Waals surface area contributed by atoms with Crippen molar-refractivity contribution < 1.29 is 5.11 Å². The van der Waals surface area contributed by atoms with Gasteiger partial charge in [0.05, 0.1) is 18.5 Å². The zero-order valence-electron chi connectivity index (χ0n) is 10.1. The number of benzene rings is 1. The first kappa shape index (κ1) is 14.1. The summed E-state index contributed by atoms with van der Waals surface area (Å²) in [6, 6.07) is 9.19. The van der Waals surface area contributed by atoms with Crippen LogP contribution in [-0.4, -0.2) is 33.5 Å². The summed E-state index contributed by atoms with van der Waals surface area (Å²) < 4.78 is 1.96. The number of imidazole rings is 1. The average Bonchev–Trinajstić information content (AvgIpc) is 2.83. The summed E-state index contributed by atoms with van der Waals surface area (Å²) in [5.74, 6) is -0.0123. The van der Waals surface area contributed by atoms with E-state index >= 15 is 0 Å². The van der Waals surface area contributed by atoms with Crippen LogP contribution in [0.3, 0.4) is 0 Å². The van der Waals surface area contributed by atoms with Gasteiger partial charge in [-0.05, 0) is 5.56 Å². The van der Waals surface area contributed by atoms with Crippen LogP contribution in [0.5, 0.6) is 0 Å². The fourth-order valence-electron chi connectivity index (χ4n) is 1.52. The molecule has 0 saturated carbocycles. The zero-order chi connectivity index (χ0) is 12.1. The van der Waals surface area contributed by atoms with Gasteiger partial charge in [-0.3, -0.25) is 0 Å². The molecule has 0 aliphatic heterocycles. The summed E-state index contributed by atoms with van der Waals surface area (Å²) >= 11 is 0. The van der Waals surface area contributed by atoms with E-state index in [2.05, 4.69) is 4.98 Å². The number of hydrogen-bond acceptors (Lipinski definition) is 3. The molecule has 0 saturated heterocycles. The fraction of sp³-hybridized carbons (Fsp3) is 0.0769. The molecule has 0 aliphatic carbocycles. The molecule has 2 rings (SSSR count). The average molecular weight is 232 g/mol. The summed E-state index contributed by atoms with van der Waals surface area (Å²) in [6.07, 6.45) is 6.49. The van der Waals surface area contributed by atoms with Gasteiger partial charge < -0.3 is 9.67 Å². The predicted octanol–water partition coefficient (Wildman–Crippen LogP) is 1.97. The van der Waals surface area contributed by atoms with Gasteiger partial charge in [-0.25, -0.2) is 4.98 Å². The van der Waals surface area contributed by atoms with E-state index in [1.54, 1.807) is 30.7 Å². The molecule has 1 radical (unpaired) electrons. The molecule has 0 spiro atoms. The molecule has 0 bridgehead atoms. The summed E-state index contributed by atoms with van der Waals surface area (Å²) in [6.45, 7) is 0.739. The summed E-state index contributed by atoms with van der Waals surface area (Å²) in [5, 5.41) is 17.9. The molecule has 2 aromatic rings. The Morgan fingerprint density at radius 3 is 2.67 bits per heavy atom. The second-order valence-electron chi connectivity index (χ2n) is 3.59. The fourth-order valence-corrected chi connectivity index (χ4v) is 1.52. The van der Waals surface area contributed by atoms with Gasteiger partial charge in [0.2, 0.25) is 0 Å². The third-order valence-corrected chi connectivity index (χ3v) is 2.38. The van der Waals surface area contributed by atoms with Crippen molar-refractivity contribution in [2.24, 2.45) is 0 Å². The minimum absolute atomic E-state index is 0. The van der Waals surface area contributed by atoms with E-state index < -0.39 is 0 Å². The van der Waals surface area contributed by atoms with Crippen LogP contribution in [0.15, 0.2) is 49.1 Å². The predicted molar refractivity (Wildman–Crippen MR) is 69.7 cm³/mol. The van der Waals surface area contributed by atoms with Gasteiger partial charge in [0.1, 0.15) is 5.76 Å².